The van der Waals surface area contributed by atoms with Crippen LogP contribution in [0.3, 0.4) is 0 Å². The molecule has 1 aromatic heterocycles. The minimum absolute atomic E-state index is 0.124. The molecule has 5 heteroatoms. The Hall–Kier alpha value is -2.07. The van der Waals surface area contributed by atoms with Gasteiger partial charge in [-0.3, -0.25) is 9.59 Å². The molecule has 1 aliphatic heterocycles. The first-order valence-corrected chi connectivity index (χ1v) is 7.66. The van der Waals surface area contributed by atoms with Gasteiger partial charge in [-0.15, -0.1) is 0 Å². The van der Waals surface area contributed by atoms with Crippen LogP contribution in [0.1, 0.15) is 41.0 Å². The van der Waals surface area contributed by atoms with Gasteiger partial charge in [-0.1, -0.05) is 41.9 Å². The van der Waals surface area contributed by atoms with E-state index in [1.807, 2.05) is 22.8 Å². The minimum Gasteiger partial charge on any atom is -0.465 e. The Morgan fingerprint density at radius 2 is 2.05 bits per heavy atom. The summed E-state index contributed by atoms with van der Waals surface area (Å²) in [5, 5.41) is 0.387. The van der Waals surface area contributed by atoms with E-state index in [0.29, 0.717) is 35.9 Å². The van der Waals surface area contributed by atoms with Gasteiger partial charge in [0.05, 0.1) is 17.5 Å². The molecule has 1 aliphatic rings. The monoisotopic (exact) mass is 317 g/mol. The summed E-state index contributed by atoms with van der Waals surface area (Å²) in [7, 11) is 0. The molecule has 1 aromatic carbocycles. The highest BCUT2D eigenvalue weighted by Crippen LogP contribution is 2.36. The second kappa shape index (κ2) is 5.97. The average molecular weight is 318 g/mol. The van der Waals surface area contributed by atoms with Crippen LogP contribution in [0.2, 0.25) is 5.02 Å². The number of rotatable bonds is 4. The van der Waals surface area contributed by atoms with Crippen LogP contribution in [0.4, 0.5) is 0 Å². The number of fused-ring (bicyclic) bond motifs is 1. The van der Waals surface area contributed by atoms with Crippen LogP contribution in [-0.4, -0.2) is 22.9 Å². The Kier molecular flexibility index (Phi) is 4.03. The van der Waals surface area contributed by atoms with E-state index in [1.165, 1.54) is 0 Å². The number of benzene rings is 1. The highest BCUT2D eigenvalue weighted by Gasteiger charge is 2.34. The first-order chi connectivity index (χ1) is 10.6. The van der Waals surface area contributed by atoms with Crippen molar-refractivity contribution in [1.82, 2.24) is 4.57 Å². The molecular weight excluding hydrogens is 302 g/mol. The Labute approximate surface area is 133 Å². The molecule has 2 heterocycles. The van der Waals surface area contributed by atoms with Gasteiger partial charge in [-0.25, -0.2) is 0 Å². The smallest absolute Gasteiger partial charge is 0.315 e. The average Bonchev–Trinajstić information content (AvgIpc) is 3.05. The lowest BCUT2D eigenvalue weighted by atomic mass is 10.1. The van der Waals surface area contributed by atoms with Crippen molar-refractivity contribution in [2.24, 2.45) is 0 Å². The van der Waals surface area contributed by atoms with E-state index in [2.05, 4.69) is 0 Å². The quantitative estimate of drug-likeness (QED) is 0.641. The predicted octanol–water partition coefficient (Wildman–Crippen LogP) is 3.42. The molecular formula is C17H16ClNO3. The molecule has 0 N–H and O–H groups in total. The van der Waals surface area contributed by atoms with Crippen LogP contribution < -0.4 is 0 Å². The summed E-state index contributed by atoms with van der Waals surface area (Å²) in [6.45, 7) is 2.72. The van der Waals surface area contributed by atoms with Crippen molar-refractivity contribution in [2.75, 3.05) is 6.61 Å². The first-order valence-electron chi connectivity index (χ1n) is 7.28. The van der Waals surface area contributed by atoms with Gasteiger partial charge in [0.1, 0.15) is 5.69 Å². The van der Waals surface area contributed by atoms with Crippen LogP contribution >= 0.6 is 11.6 Å². The molecule has 22 heavy (non-hydrogen) atoms. The summed E-state index contributed by atoms with van der Waals surface area (Å²) in [6.07, 6.45) is 0.639. The molecule has 2 aromatic rings. The van der Waals surface area contributed by atoms with Crippen molar-refractivity contribution in [3.8, 4) is 0 Å². The van der Waals surface area contributed by atoms with Crippen molar-refractivity contribution in [1.29, 1.82) is 0 Å². The summed E-state index contributed by atoms with van der Waals surface area (Å²) in [6, 6.07) is 10.7. The Balaban J connectivity index is 1.98. The summed E-state index contributed by atoms with van der Waals surface area (Å²) >= 11 is 6.26. The molecule has 1 atom stereocenters. The summed E-state index contributed by atoms with van der Waals surface area (Å²) < 4.78 is 6.94. The maximum Gasteiger partial charge on any atom is 0.315 e. The van der Waals surface area contributed by atoms with Crippen LogP contribution in [-0.2, 0) is 16.1 Å². The zero-order chi connectivity index (χ0) is 15.7. The third-order valence-electron chi connectivity index (χ3n) is 3.90. The van der Waals surface area contributed by atoms with Crippen LogP contribution in [0.5, 0.6) is 0 Å². The van der Waals surface area contributed by atoms with Crippen LogP contribution in [0.15, 0.2) is 36.4 Å². The van der Waals surface area contributed by atoms with E-state index in [4.69, 9.17) is 16.3 Å². The lowest BCUT2D eigenvalue weighted by molar-refractivity contribution is -0.144. The van der Waals surface area contributed by atoms with Gasteiger partial charge in [-0.05, 0) is 19.4 Å². The molecule has 0 bridgehead atoms. The van der Waals surface area contributed by atoms with E-state index < -0.39 is 0 Å². The number of halogens is 1. The van der Waals surface area contributed by atoms with Gasteiger partial charge >= 0.3 is 5.97 Å². The van der Waals surface area contributed by atoms with Gasteiger partial charge in [0.15, 0.2) is 0 Å². The molecule has 0 saturated carbocycles. The van der Waals surface area contributed by atoms with Gasteiger partial charge in [0, 0.05) is 17.8 Å². The molecule has 114 valence electrons. The van der Waals surface area contributed by atoms with E-state index >= 15 is 0 Å². The van der Waals surface area contributed by atoms with Crippen LogP contribution in [0.25, 0.3) is 0 Å². The molecule has 1 unspecified atom stereocenters. The van der Waals surface area contributed by atoms with Crippen molar-refractivity contribution < 1.29 is 14.3 Å². The van der Waals surface area contributed by atoms with Gasteiger partial charge in [0.2, 0.25) is 5.78 Å². The SMILES string of the molecule is CCOC(=O)C1CCn2c1cc(Cl)c2C(=O)c1ccccc1. The van der Waals surface area contributed by atoms with Gasteiger partial charge in [-0.2, -0.15) is 0 Å². The first kappa shape index (κ1) is 14.9. The molecule has 4 nitrogen and oxygen atoms in total. The fourth-order valence-corrected chi connectivity index (χ4v) is 3.21. The maximum atomic E-state index is 12.7. The second-order valence-corrected chi connectivity index (χ2v) is 5.61. The normalized spacial score (nSPS) is 16.4. The summed E-state index contributed by atoms with van der Waals surface area (Å²) in [5.41, 5.74) is 1.81. The summed E-state index contributed by atoms with van der Waals surface area (Å²) in [5.74, 6) is -0.717. The number of nitrogens with zero attached hydrogens (tertiary/aromatic N) is 1. The van der Waals surface area contributed by atoms with E-state index in [9.17, 15) is 9.59 Å². The molecule has 3 rings (SSSR count). The largest absolute Gasteiger partial charge is 0.465 e. The third kappa shape index (κ3) is 2.44. The number of carbonyl (C=O) groups is 2. The summed E-state index contributed by atoms with van der Waals surface area (Å²) in [4.78, 5) is 24.7. The maximum absolute atomic E-state index is 12.7. The van der Waals surface area contributed by atoms with Crippen LogP contribution in [0, 0.1) is 0 Å². The molecule has 0 fully saturated rings. The van der Waals surface area contributed by atoms with Crippen molar-refractivity contribution in [2.45, 2.75) is 25.8 Å². The number of ether oxygens (including phenoxy) is 1. The number of ketones is 1. The lowest BCUT2D eigenvalue weighted by Crippen LogP contribution is -2.13. The zero-order valence-corrected chi connectivity index (χ0v) is 13.0. The molecule has 0 saturated heterocycles. The van der Waals surface area contributed by atoms with Gasteiger partial charge < -0.3 is 9.30 Å². The molecule has 0 amide bonds. The van der Waals surface area contributed by atoms with E-state index in [-0.39, 0.29) is 17.7 Å². The molecule has 0 spiro atoms. The Bertz CT molecular complexity index is 721. The van der Waals surface area contributed by atoms with Crippen molar-refractivity contribution in [3.05, 3.63) is 58.4 Å². The number of aromatic nitrogens is 1. The number of carbonyl (C=O) groups excluding carboxylic acids is 2. The highest BCUT2D eigenvalue weighted by molar-refractivity contribution is 6.35. The van der Waals surface area contributed by atoms with Crippen molar-refractivity contribution >= 4 is 23.4 Å². The Morgan fingerprint density at radius 1 is 1.32 bits per heavy atom. The number of hydrogen-bond donors (Lipinski definition) is 0. The fraction of sp³-hybridized carbons (Fsp3) is 0.294. The zero-order valence-electron chi connectivity index (χ0n) is 12.2. The number of esters is 1. The fourth-order valence-electron chi connectivity index (χ4n) is 2.91. The number of hydrogen-bond acceptors (Lipinski definition) is 3. The predicted molar refractivity (Wildman–Crippen MR) is 83.3 cm³/mol. The highest BCUT2D eigenvalue weighted by atomic mass is 35.5. The lowest BCUT2D eigenvalue weighted by Gasteiger charge is -2.08. The Morgan fingerprint density at radius 3 is 2.73 bits per heavy atom. The van der Waals surface area contributed by atoms with E-state index in [1.54, 1.807) is 25.1 Å². The van der Waals surface area contributed by atoms with Crippen molar-refractivity contribution in [3.63, 3.8) is 0 Å². The third-order valence-corrected chi connectivity index (χ3v) is 4.19. The standard InChI is InChI=1S/C17H16ClNO3/c1-2-22-17(21)12-8-9-19-14(12)10-13(18)15(19)16(20)11-6-4-3-5-7-11/h3-7,10,12H,2,8-9H2,1H3. The van der Waals surface area contributed by atoms with E-state index in [0.717, 1.165) is 5.69 Å². The minimum atomic E-state index is -0.338. The van der Waals surface area contributed by atoms with Gasteiger partial charge in [0.25, 0.3) is 0 Å². The molecule has 0 aliphatic carbocycles. The molecule has 0 radical (unpaired) electrons. The topological polar surface area (TPSA) is 48.3 Å². The second-order valence-electron chi connectivity index (χ2n) is 5.21.